The molecule has 23 heavy (non-hydrogen) atoms. The molecular formula is C16H22N2O4S. The number of carboxylic acid groups (broad SMARTS) is 1. The van der Waals surface area contributed by atoms with E-state index in [9.17, 15) is 19.5 Å². The van der Waals surface area contributed by atoms with Crippen molar-refractivity contribution in [2.45, 2.75) is 46.6 Å². The zero-order chi connectivity index (χ0) is 17.1. The van der Waals surface area contributed by atoms with Crippen LogP contribution in [0.15, 0.2) is 0 Å². The van der Waals surface area contributed by atoms with E-state index >= 15 is 0 Å². The van der Waals surface area contributed by atoms with Crippen molar-refractivity contribution in [2.24, 2.45) is 5.92 Å². The molecule has 1 aromatic rings. The van der Waals surface area contributed by atoms with Crippen molar-refractivity contribution in [3.8, 4) is 0 Å². The zero-order valence-electron chi connectivity index (χ0n) is 13.6. The number of carbonyl (C=O) groups is 3. The van der Waals surface area contributed by atoms with Gasteiger partial charge in [-0.25, -0.2) is 4.79 Å². The number of carboxylic acids is 1. The molecule has 0 aromatic carbocycles. The number of carbonyl (C=O) groups excluding carboxylic acids is 2. The van der Waals surface area contributed by atoms with E-state index in [1.165, 1.54) is 18.3 Å². The van der Waals surface area contributed by atoms with Crippen LogP contribution in [-0.2, 0) is 22.6 Å². The molecule has 2 heterocycles. The number of thiophene rings is 1. The van der Waals surface area contributed by atoms with Gasteiger partial charge in [0.2, 0.25) is 11.8 Å². The van der Waals surface area contributed by atoms with E-state index in [1.807, 2.05) is 13.8 Å². The van der Waals surface area contributed by atoms with E-state index in [4.69, 9.17) is 0 Å². The molecule has 0 radical (unpaired) electrons. The first kappa shape index (κ1) is 17.5. The third-order valence-electron chi connectivity index (χ3n) is 4.31. The van der Waals surface area contributed by atoms with Crippen molar-refractivity contribution in [2.75, 3.05) is 11.9 Å². The van der Waals surface area contributed by atoms with Gasteiger partial charge < -0.3 is 15.3 Å². The fraction of sp³-hybridized carbons (Fsp3) is 0.562. The van der Waals surface area contributed by atoms with Crippen LogP contribution in [0.25, 0.3) is 0 Å². The van der Waals surface area contributed by atoms with Crippen LogP contribution in [0, 0.1) is 5.92 Å². The smallest absolute Gasteiger partial charge is 0.339 e. The molecule has 126 valence electrons. The Kier molecular flexibility index (Phi) is 5.41. The summed E-state index contributed by atoms with van der Waals surface area (Å²) >= 11 is 1.27. The topological polar surface area (TPSA) is 86.7 Å². The lowest BCUT2D eigenvalue weighted by Gasteiger charge is -2.25. The number of nitrogens with zero attached hydrogens (tertiary/aromatic N) is 1. The van der Waals surface area contributed by atoms with Gasteiger partial charge >= 0.3 is 5.97 Å². The van der Waals surface area contributed by atoms with Crippen LogP contribution >= 0.6 is 11.3 Å². The van der Waals surface area contributed by atoms with Crippen LogP contribution in [0.3, 0.4) is 0 Å². The quantitative estimate of drug-likeness (QED) is 0.864. The fourth-order valence-electron chi connectivity index (χ4n) is 2.86. The minimum atomic E-state index is -1.03. The molecule has 7 heteroatoms. The normalized spacial score (nSPS) is 13.8. The van der Waals surface area contributed by atoms with E-state index in [1.54, 1.807) is 4.90 Å². The molecule has 0 fully saturated rings. The van der Waals surface area contributed by atoms with Crippen LogP contribution in [0.4, 0.5) is 5.00 Å². The summed E-state index contributed by atoms with van der Waals surface area (Å²) in [5.41, 5.74) is 0.937. The van der Waals surface area contributed by atoms with Crippen LogP contribution in [0.1, 0.15) is 54.4 Å². The van der Waals surface area contributed by atoms with Crippen LogP contribution in [0.5, 0.6) is 0 Å². The number of aromatic carboxylic acids is 1. The number of hydrogen-bond acceptors (Lipinski definition) is 4. The molecule has 0 unspecified atom stereocenters. The Morgan fingerprint density at radius 1 is 1.30 bits per heavy atom. The molecule has 0 saturated carbocycles. The first-order valence-electron chi connectivity index (χ1n) is 7.83. The van der Waals surface area contributed by atoms with Gasteiger partial charge in [-0.2, -0.15) is 0 Å². The van der Waals surface area contributed by atoms with Gasteiger partial charge in [0.1, 0.15) is 5.00 Å². The molecule has 0 bridgehead atoms. The molecule has 6 nitrogen and oxygen atoms in total. The van der Waals surface area contributed by atoms with Gasteiger partial charge in [0.25, 0.3) is 0 Å². The predicted molar refractivity (Wildman–Crippen MR) is 88.8 cm³/mol. The SMILES string of the molecule is CCC(CC)C(=O)Nc1sc2c(c1C(=O)O)CCN(C(C)=O)C2. The Labute approximate surface area is 139 Å². The monoisotopic (exact) mass is 338 g/mol. The molecule has 0 saturated heterocycles. The highest BCUT2D eigenvalue weighted by atomic mass is 32.1. The zero-order valence-corrected chi connectivity index (χ0v) is 14.5. The van der Waals surface area contributed by atoms with Crippen molar-refractivity contribution in [3.63, 3.8) is 0 Å². The second kappa shape index (κ2) is 7.12. The number of nitrogens with one attached hydrogen (secondary N) is 1. The van der Waals surface area contributed by atoms with E-state index in [-0.39, 0.29) is 23.3 Å². The highest BCUT2D eigenvalue weighted by molar-refractivity contribution is 7.17. The fourth-order valence-corrected chi connectivity index (χ4v) is 4.12. The predicted octanol–water partition coefficient (Wildman–Crippen LogP) is 2.73. The average molecular weight is 338 g/mol. The van der Waals surface area contributed by atoms with Gasteiger partial charge in [0.05, 0.1) is 12.1 Å². The Hall–Kier alpha value is -1.89. The molecule has 2 N–H and O–H groups in total. The van der Waals surface area contributed by atoms with Gasteiger partial charge in [-0.05, 0) is 24.8 Å². The average Bonchev–Trinajstić information content (AvgIpc) is 2.85. The molecule has 2 rings (SSSR count). The Morgan fingerprint density at radius 2 is 1.96 bits per heavy atom. The summed E-state index contributed by atoms with van der Waals surface area (Å²) in [6, 6.07) is 0. The van der Waals surface area contributed by atoms with E-state index in [0.29, 0.717) is 37.4 Å². The largest absolute Gasteiger partial charge is 0.478 e. The maximum Gasteiger partial charge on any atom is 0.339 e. The van der Waals surface area contributed by atoms with Crippen LogP contribution < -0.4 is 5.32 Å². The number of hydrogen-bond donors (Lipinski definition) is 2. The highest BCUT2D eigenvalue weighted by Gasteiger charge is 2.30. The Bertz CT molecular complexity index is 634. The lowest BCUT2D eigenvalue weighted by Crippen LogP contribution is -2.33. The Balaban J connectivity index is 2.32. The van der Waals surface area contributed by atoms with E-state index in [0.717, 1.165) is 10.4 Å². The van der Waals surface area contributed by atoms with Crippen molar-refractivity contribution in [1.29, 1.82) is 0 Å². The molecule has 0 atom stereocenters. The van der Waals surface area contributed by atoms with Crippen LogP contribution in [0.2, 0.25) is 0 Å². The molecule has 1 aromatic heterocycles. The lowest BCUT2D eigenvalue weighted by atomic mass is 10.0. The number of anilines is 1. The standard InChI is InChI=1S/C16H22N2O4S/c1-4-10(5-2)14(20)17-15-13(16(21)22)11-6-7-18(9(3)19)8-12(11)23-15/h10H,4-8H2,1-3H3,(H,17,20)(H,21,22). The molecular weight excluding hydrogens is 316 g/mol. The van der Waals surface area contributed by atoms with Crippen molar-refractivity contribution in [1.82, 2.24) is 4.90 Å². The first-order chi connectivity index (χ1) is 10.9. The molecule has 0 spiro atoms. The van der Waals surface area contributed by atoms with Gasteiger partial charge in [0, 0.05) is 24.3 Å². The summed E-state index contributed by atoms with van der Waals surface area (Å²) in [6.45, 7) is 6.31. The van der Waals surface area contributed by atoms with Crippen molar-refractivity contribution < 1.29 is 19.5 Å². The minimum absolute atomic E-state index is 0.0245. The highest BCUT2D eigenvalue weighted by Crippen LogP contribution is 2.37. The number of fused-ring (bicyclic) bond motifs is 1. The summed E-state index contributed by atoms with van der Waals surface area (Å²) in [6.07, 6.45) is 1.94. The number of rotatable bonds is 5. The third-order valence-corrected chi connectivity index (χ3v) is 5.44. The van der Waals surface area contributed by atoms with Crippen molar-refractivity contribution in [3.05, 3.63) is 16.0 Å². The first-order valence-corrected chi connectivity index (χ1v) is 8.64. The molecule has 2 amide bonds. The lowest BCUT2D eigenvalue weighted by molar-refractivity contribution is -0.129. The number of amides is 2. The molecule has 1 aliphatic rings. The van der Waals surface area contributed by atoms with Gasteiger partial charge in [0.15, 0.2) is 0 Å². The van der Waals surface area contributed by atoms with Gasteiger partial charge in [-0.15, -0.1) is 11.3 Å². The minimum Gasteiger partial charge on any atom is -0.478 e. The van der Waals surface area contributed by atoms with Gasteiger partial charge in [-0.1, -0.05) is 13.8 Å². The van der Waals surface area contributed by atoms with Gasteiger partial charge in [-0.3, -0.25) is 9.59 Å². The summed E-state index contributed by atoms with van der Waals surface area (Å²) in [4.78, 5) is 38.0. The second-order valence-corrected chi connectivity index (χ2v) is 6.81. The third kappa shape index (κ3) is 3.55. The van der Waals surface area contributed by atoms with E-state index in [2.05, 4.69) is 5.32 Å². The molecule has 1 aliphatic heterocycles. The maximum atomic E-state index is 12.3. The summed E-state index contributed by atoms with van der Waals surface area (Å²) in [5.74, 6) is -1.31. The summed E-state index contributed by atoms with van der Waals surface area (Å²) in [7, 11) is 0. The second-order valence-electron chi connectivity index (χ2n) is 5.71. The summed E-state index contributed by atoms with van der Waals surface area (Å²) in [5, 5.41) is 12.7. The summed E-state index contributed by atoms with van der Waals surface area (Å²) < 4.78 is 0. The van der Waals surface area contributed by atoms with Crippen molar-refractivity contribution >= 4 is 34.1 Å². The Morgan fingerprint density at radius 3 is 2.48 bits per heavy atom. The van der Waals surface area contributed by atoms with Crippen LogP contribution in [-0.4, -0.2) is 34.3 Å². The van der Waals surface area contributed by atoms with E-state index < -0.39 is 5.97 Å². The molecule has 0 aliphatic carbocycles. The maximum absolute atomic E-state index is 12.3.